The second-order valence-electron chi connectivity index (χ2n) is 7.46. The number of carbonyl (C=O) groups excluding carboxylic acids is 1. The van der Waals surface area contributed by atoms with Gasteiger partial charge in [0.2, 0.25) is 5.91 Å². The maximum atomic E-state index is 14.0. The van der Waals surface area contributed by atoms with E-state index in [-0.39, 0.29) is 24.3 Å². The fraction of sp³-hybridized carbons (Fsp3) is 0.632. The predicted octanol–water partition coefficient (Wildman–Crippen LogP) is 1.37. The number of anilines is 1. The van der Waals surface area contributed by atoms with Gasteiger partial charge in [0.05, 0.1) is 0 Å². The van der Waals surface area contributed by atoms with Gasteiger partial charge in [0.15, 0.2) is 17.6 Å². The van der Waals surface area contributed by atoms with Crippen molar-refractivity contribution in [3.63, 3.8) is 0 Å². The minimum Gasteiger partial charge on any atom is -0.354 e. The van der Waals surface area contributed by atoms with Crippen molar-refractivity contribution in [2.24, 2.45) is 4.99 Å². The van der Waals surface area contributed by atoms with Crippen molar-refractivity contribution in [1.82, 2.24) is 20.5 Å². The van der Waals surface area contributed by atoms with Crippen molar-refractivity contribution in [1.29, 1.82) is 0 Å². The summed E-state index contributed by atoms with van der Waals surface area (Å²) in [7, 11) is 3.46. The third-order valence-corrected chi connectivity index (χ3v) is 5.13. The average molecular weight is 376 g/mol. The van der Waals surface area contributed by atoms with E-state index in [1.807, 2.05) is 4.90 Å². The number of aliphatic imine (C=N–C) groups is 1. The lowest BCUT2D eigenvalue weighted by atomic mass is 10.2. The third-order valence-electron chi connectivity index (χ3n) is 5.13. The molecule has 0 aromatic carbocycles. The number of hydrogen-bond donors (Lipinski definition) is 2. The number of carbonyl (C=O) groups is 1. The van der Waals surface area contributed by atoms with Crippen LogP contribution in [0.15, 0.2) is 23.3 Å². The number of rotatable bonds is 5. The first-order valence-electron chi connectivity index (χ1n) is 9.66. The van der Waals surface area contributed by atoms with Crippen molar-refractivity contribution < 1.29 is 9.18 Å². The van der Waals surface area contributed by atoms with Gasteiger partial charge in [-0.3, -0.25) is 4.79 Å². The molecule has 1 saturated heterocycles. The Morgan fingerprint density at radius 3 is 2.74 bits per heavy atom. The molecule has 27 heavy (non-hydrogen) atoms. The minimum atomic E-state index is -0.298. The van der Waals surface area contributed by atoms with E-state index in [0.29, 0.717) is 24.4 Å². The lowest BCUT2D eigenvalue weighted by molar-refractivity contribution is -0.127. The summed E-state index contributed by atoms with van der Waals surface area (Å²) in [5.41, 5.74) is 0. The van der Waals surface area contributed by atoms with Crippen molar-refractivity contribution >= 4 is 17.7 Å². The first-order chi connectivity index (χ1) is 13.0. The van der Waals surface area contributed by atoms with Gasteiger partial charge in [0.1, 0.15) is 6.54 Å². The summed E-state index contributed by atoms with van der Waals surface area (Å²) in [6.07, 6.45) is 7.16. The van der Waals surface area contributed by atoms with Gasteiger partial charge in [-0.15, -0.1) is 0 Å². The summed E-state index contributed by atoms with van der Waals surface area (Å²) in [5.74, 6) is 0.732. The van der Waals surface area contributed by atoms with Crippen LogP contribution in [-0.4, -0.2) is 67.6 Å². The van der Waals surface area contributed by atoms with Crippen molar-refractivity contribution in [3.05, 3.63) is 24.1 Å². The second kappa shape index (κ2) is 9.01. The number of nitrogens with one attached hydrogen (secondary N) is 2. The van der Waals surface area contributed by atoms with E-state index >= 15 is 0 Å². The minimum absolute atomic E-state index is 0.0360. The lowest BCUT2D eigenvalue weighted by Gasteiger charge is -2.22. The van der Waals surface area contributed by atoms with Gasteiger partial charge in [-0.05, 0) is 31.4 Å². The number of pyridine rings is 1. The molecular weight excluding hydrogens is 347 g/mol. The van der Waals surface area contributed by atoms with Gasteiger partial charge < -0.3 is 20.4 Å². The van der Waals surface area contributed by atoms with E-state index in [0.717, 1.165) is 25.8 Å². The molecule has 1 amide bonds. The molecule has 1 saturated carbocycles. The quantitative estimate of drug-likeness (QED) is 0.600. The number of halogens is 1. The molecule has 0 spiro atoms. The number of likely N-dealkylation sites (N-methyl/N-ethyl adjacent to an activating group) is 1. The molecule has 1 aliphatic heterocycles. The monoisotopic (exact) mass is 376 g/mol. The number of amides is 1. The van der Waals surface area contributed by atoms with Crippen LogP contribution in [0.3, 0.4) is 0 Å². The average Bonchev–Trinajstić information content (AvgIpc) is 3.32. The summed E-state index contributed by atoms with van der Waals surface area (Å²) in [6, 6.07) is 3.57. The Bertz CT molecular complexity index is 674. The smallest absolute Gasteiger partial charge is 0.243 e. The van der Waals surface area contributed by atoms with Crippen LogP contribution >= 0.6 is 0 Å². The van der Waals surface area contributed by atoms with Crippen molar-refractivity contribution in [2.75, 3.05) is 38.6 Å². The van der Waals surface area contributed by atoms with Crippen molar-refractivity contribution in [3.8, 4) is 0 Å². The summed E-state index contributed by atoms with van der Waals surface area (Å²) in [5, 5.41) is 6.90. The maximum absolute atomic E-state index is 14.0. The van der Waals surface area contributed by atoms with Crippen LogP contribution in [0.1, 0.15) is 32.1 Å². The van der Waals surface area contributed by atoms with Gasteiger partial charge in [0.25, 0.3) is 0 Å². The highest BCUT2D eigenvalue weighted by molar-refractivity contribution is 5.85. The Morgan fingerprint density at radius 1 is 1.30 bits per heavy atom. The zero-order chi connectivity index (χ0) is 19.2. The second-order valence-corrected chi connectivity index (χ2v) is 7.46. The Kier molecular flexibility index (Phi) is 6.47. The molecule has 2 aliphatic rings. The molecule has 3 rings (SSSR count). The molecule has 2 fully saturated rings. The fourth-order valence-electron chi connectivity index (χ4n) is 3.56. The highest BCUT2D eigenvalue weighted by atomic mass is 19.1. The van der Waals surface area contributed by atoms with E-state index in [4.69, 9.17) is 0 Å². The molecule has 7 nitrogen and oxygen atoms in total. The molecule has 0 radical (unpaired) electrons. The van der Waals surface area contributed by atoms with E-state index < -0.39 is 0 Å². The van der Waals surface area contributed by atoms with Crippen molar-refractivity contribution in [2.45, 2.75) is 44.2 Å². The lowest BCUT2D eigenvalue weighted by Crippen LogP contribution is -2.48. The van der Waals surface area contributed by atoms with E-state index in [1.54, 1.807) is 26.4 Å². The van der Waals surface area contributed by atoms with Gasteiger partial charge >= 0.3 is 0 Å². The largest absolute Gasteiger partial charge is 0.354 e. The van der Waals surface area contributed by atoms with Crippen LogP contribution in [0.25, 0.3) is 0 Å². The number of nitrogens with zero attached hydrogens (tertiary/aromatic N) is 4. The van der Waals surface area contributed by atoms with Gasteiger partial charge in [-0.25, -0.2) is 14.4 Å². The standard InChI is InChI=1S/C19H29FN6O/c1-25(2)17(27)12-22-19(23-14-6-3-4-7-14)24-15-9-11-26(13-15)18-16(20)8-5-10-21-18/h5,8,10,14-15H,3-4,6-7,9,11-13H2,1-2H3,(H2,22,23,24). The fourth-order valence-corrected chi connectivity index (χ4v) is 3.56. The third kappa shape index (κ3) is 5.30. The molecule has 2 heterocycles. The van der Waals surface area contributed by atoms with Crippen LogP contribution in [0.5, 0.6) is 0 Å². The highest BCUT2D eigenvalue weighted by Gasteiger charge is 2.27. The Labute approximate surface area is 160 Å². The van der Waals surface area contributed by atoms with Gasteiger partial charge in [-0.2, -0.15) is 0 Å². The number of aromatic nitrogens is 1. The first-order valence-corrected chi connectivity index (χ1v) is 9.66. The zero-order valence-electron chi connectivity index (χ0n) is 16.1. The summed E-state index contributed by atoms with van der Waals surface area (Å²) in [4.78, 5) is 24.0. The molecular formula is C19H29FN6O. The van der Waals surface area contributed by atoms with Crippen LogP contribution in [0, 0.1) is 5.82 Å². The summed E-state index contributed by atoms with van der Waals surface area (Å²) < 4.78 is 14.0. The molecule has 1 aromatic heterocycles. The number of hydrogen-bond acceptors (Lipinski definition) is 4. The van der Waals surface area contributed by atoms with Crippen LogP contribution in [0.2, 0.25) is 0 Å². The van der Waals surface area contributed by atoms with Crippen LogP contribution in [-0.2, 0) is 4.79 Å². The molecule has 1 atom stereocenters. The molecule has 1 unspecified atom stereocenters. The Hall–Kier alpha value is -2.38. The Balaban J connectivity index is 1.62. The first kappa shape index (κ1) is 19.4. The van der Waals surface area contributed by atoms with Crippen LogP contribution < -0.4 is 15.5 Å². The van der Waals surface area contributed by atoms with Gasteiger partial charge in [0, 0.05) is 45.5 Å². The molecule has 1 aromatic rings. The highest BCUT2D eigenvalue weighted by Crippen LogP contribution is 2.21. The number of guanidine groups is 1. The molecule has 1 aliphatic carbocycles. The van der Waals surface area contributed by atoms with E-state index in [1.165, 1.54) is 23.8 Å². The summed E-state index contributed by atoms with van der Waals surface area (Å²) in [6.45, 7) is 1.50. The zero-order valence-corrected chi connectivity index (χ0v) is 16.1. The molecule has 8 heteroatoms. The summed E-state index contributed by atoms with van der Waals surface area (Å²) >= 11 is 0. The predicted molar refractivity (Wildman–Crippen MR) is 104 cm³/mol. The van der Waals surface area contributed by atoms with E-state index in [2.05, 4.69) is 20.6 Å². The Morgan fingerprint density at radius 2 is 2.04 bits per heavy atom. The molecule has 2 N–H and O–H groups in total. The van der Waals surface area contributed by atoms with E-state index in [9.17, 15) is 9.18 Å². The molecule has 148 valence electrons. The van der Waals surface area contributed by atoms with Gasteiger partial charge in [-0.1, -0.05) is 12.8 Å². The van der Waals surface area contributed by atoms with Crippen LogP contribution in [0.4, 0.5) is 10.2 Å². The normalized spacial score (nSPS) is 20.8. The topological polar surface area (TPSA) is 72.9 Å². The maximum Gasteiger partial charge on any atom is 0.243 e. The SMILES string of the molecule is CN(C)C(=O)CN=C(NC1CCCC1)NC1CCN(c2ncccc2F)C1. The molecule has 0 bridgehead atoms.